The molecule has 0 aliphatic heterocycles. The van der Waals surface area contributed by atoms with Crippen LogP contribution in [0.25, 0.3) is 11.0 Å². The van der Waals surface area contributed by atoms with E-state index in [1.54, 1.807) is 0 Å². The molecule has 2 nitrogen and oxygen atoms in total. The molecule has 4 heteroatoms. The van der Waals surface area contributed by atoms with Gasteiger partial charge >= 0.3 is 0 Å². The summed E-state index contributed by atoms with van der Waals surface area (Å²) in [6.45, 7) is 1.00. The van der Waals surface area contributed by atoms with E-state index in [2.05, 4.69) is 9.55 Å². The van der Waals surface area contributed by atoms with Crippen molar-refractivity contribution in [3.05, 3.63) is 29.0 Å². The number of fused-ring (bicyclic) bond motifs is 1. The van der Waals surface area contributed by atoms with E-state index in [1.807, 2.05) is 18.2 Å². The number of imidazole rings is 1. The minimum absolute atomic E-state index is 0.455. The summed E-state index contributed by atoms with van der Waals surface area (Å²) < 4.78 is 2.23. The van der Waals surface area contributed by atoms with E-state index in [0.29, 0.717) is 5.88 Å². The van der Waals surface area contributed by atoms with Gasteiger partial charge in [0.2, 0.25) is 0 Å². The number of halogens is 2. The van der Waals surface area contributed by atoms with E-state index in [9.17, 15) is 0 Å². The Hall–Kier alpha value is -0.730. The van der Waals surface area contributed by atoms with Gasteiger partial charge in [-0.05, 0) is 30.5 Å². The molecular weight excluding hydrogens is 267 g/mol. The highest BCUT2D eigenvalue weighted by atomic mass is 35.5. The summed E-state index contributed by atoms with van der Waals surface area (Å²) in [5.41, 5.74) is 2.10. The fourth-order valence-electron chi connectivity index (χ4n) is 2.59. The SMILES string of the molecule is ClCc1nc2ccc(Cl)cc2n1CCC1CCC1. The van der Waals surface area contributed by atoms with Crippen molar-refractivity contribution in [2.24, 2.45) is 5.92 Å². The van der Waals surface area contributed by atoms with Crippen molar-refractivity contribution in [2.75, 3.05) is 0 Å². The predicted molar refractivity (Wildman–Crippen MR) is 76.3 cm³/mol. The van der Waals surface area contributed by atoms with E-state index in [1.165, 1.54) is 25.7 Å². The maximum atomic E-state index is 6.07. The summed E-state index contributed by atoms with van der Waals surface area (Å²) in [6.07, 6.45) is 5.37. The Bertz CT molecular complexity index is 558. The Morgan fingerprint density at radius 2 is 2.17 bits per heavy atom. The lowest BCUT2D eigenvalue weighted by Gasteiger charge is -2.25. The molecule has 2 aromatic rings. The van der Waals surface area contributed by atoms with Crippen molar-refractivity contribution in [3.63, 3.8) is 0 Å². The molecule has 1 fully saturated rings. The van der Waals surface area contributed by atoms with Gasteiger partial charge in [-0.2, -0.15) is 0 Å². The molecule has 0 N–H and O–H groups in total. The van der Waals surface area contributed by atoms with Crippen LogP contribution in [-0.4, -0.2) is 9.55 Å². The van der Waals surface area contributed by atoms with Gasteiger partial charge in [0.1, 0.15) is 5.82 Å². The zero-order valence-electron chi connectivity index (χ0n) is 10.2. The van der Waals surface area contributed by atoms with Gasteiger partial charge in [0, 0.05) is 11.6 Å². The minimum atomic E-state index is 0.455. The van der Waals surface area contributed by atoms with Gasteiger partial charge in [-0.25, -0.2) is 4.98 Å². The molecule has 1 saturated carbocycles. The topological polar surface area (TPSA) is 17.8 Å². The van der Waals surface area contributed by atoms with Crippen LogP contribution in [0.3, 0.4) is 0 Å². The molecular formula is C14H16Cl2N2. The second-order valence-corrected chi connectivity index (χ2v) is 5.74. The molecule has 0 saturated heterocycles. The second-order valence-electron chi connectivity index (χ2n) is 5.03. The third-order valence-corrected chi connectivity index (χ3v) is 4.37. The van der Waals surface area contributed by atoms with E-state index in [-0.39, 0.29) is 0 Å². The van der Waals surface area contributed by atoms with Crippen molar-refractivity contribution < 1.29 is 0 Å². The van der Waals surface area contributed by atoms with Crippen LogP contribution in [0.4, 0.5) is 0 Å². The first-order chi connectivity index (χ1) is 8.78. The van der Waals surface area contributed by atoms with Gasteiger partial charge < -0.3 is 4.57 Å². The Balaban J connectivity index is 1.92. The standard InChI is InChI=1S/C14H16Cl2N2/c15-9-14-17-12-5-4-11(16)8-13(12)18(14)7-6-10-2-1-3-10/h4-5,8,10H,1-3,6-7,9H2. The molecule has 18 heavy (non-hydrogen) atoms. The first-order valence-corrected chi connectivity index (χ1v) is 7.40. The smallest absolute Gasteiger partial charge is 0.124 e. The second kappa shape index (κ2) is 5.10. The van der Waals surface area contributed by atoms with Crippen LogP contribution in [0.15, 0.2) is 18.2 Å². The summed E-state index contributed by atoms with van der Waals surface area (Å²) in [4.78, 5) is 4.57. The molecule has 1 aromatic heterocycles. The molecule has 0 bridgehead atoms. The van der Waals surface area contributed by atoms with Gasteiger partial charge in [0.05, 0.1) is 16.9 Å². The molecule has 0 unspecified atom stereocenters. The average molecular weight is 283 g/mol. The summed E-state index contributed by atoms with van der Waals surface area (Å²) in [5, 5.41) is 0.758. The fraction of sp³-hybridized carbons (Fsp3) is 0.500. The molecule has 1 aromatic carbocycles. The highest BCUT2D eigenvalue weighted by Crippen LogP contribution is 2.31. The average Bonchev–Trinajstić information content (AvgIpc) is 2.65. The van der Waals surface area contributed by atoms with Gasteiger partial charge in [-0.15, -0.1) is 11.6 Å². The van der Waals surface area contributed by atoms with Crippen molar-refractivity contribution >= 4 is 34.2 Å². The number of alkyl halides is 1. The summed E-state index contributed by atoms with van der Waals surface area (Å²) in [5.74, 6) is 2.30. The number of benzene rings is 1. The molecule has 1 heterocycles. The normalized spacial score (nSPS) is 16.1. The molecule has 0 amide bonds. The lowest BCUT2D eigenvalue weighted by atomic mass is 9.83. The third kappa shape index (κ3) is 2.24. The number of aromatic nitrogens is 2. The van der Waals surface area contributed by atoms with Crippen molar-refractivity contribution in [1.82, 2.24) is 9.55 Å². The Kier molecular flexibility index (Phi) is 3.49. The highest BCUT2D eigenvalue weighted by molar-refractivity contribution is 6.31. The zero-order chi connectivity index (χ0) is 12.5. The van der Waals surface area contributed by atoms with E-state index in [4.69, 9.17) is 23.2 Å². The van der Waals surface area contributed by atoms with Crippen LogP contribution >= 0.6 is 23.2 Å². The molecule has 3 rings (SSSR count). The number of rotatable bonds is 4. The van der Waals surface area contributed by atoms with Crippen LogP contribution in [0.5, 0.6) is 0 Å². The summed E-state index contributed by atoms with van der Waals surface area (Å²) in [7, 11) is 0. The number of hydrogen-bond acceptors (Lipinski definition) is 1. The Labute approximate surface area is 117 Å². The minimum Gasteiger partial charge on any atom is -0.327 e. The molecule has 1 aliphatic rings. The number of hydrogen-bond donors (Lipinski definition) is 0. The molecule has 0 atom stereocenters. The van der Waals surface area contributed by atoms with Crippen molar-refractivity contribution in [2.45, 2.75) is 38.1 Å². The van der Waals surface area contributed by atoms with Gasteiger partial charge in [-0.3, -0.25) is 0 Å². The monoisotopic (exact) mass is 282 g/mol. The fourth-order valence-corrected chi connectivity index (χ4v) is 2.96. The maximum Gasteiger partial charge on any atom is 0.124 e. The number of nitrogens with zero attached hydrogens (tertiary/aromatic N) is 2. The molecule has 0 radical (unpaired) electrons. The van der Waals surface area contributed by atoms with E-state index in [0.717, 1.165) is 34.3 Å². The van der Waals surface area contributed by atoms with Crippen LogP contribution in [0.1, 0.15) is 31.5 Å². The lowest BCUT2D eigenvalue weighted by molar-refractivity contribution is 0.282. The van der Waals surface area contributed by atoms with Crippen molar-refractivity contribution in [1.29, 1.82) is 0 Å². The zero-order valence-corrected chi connectivity index (χ0v) is 11.7. The summed E-state index contributed by atoms with van der Waals surface area (Å²) >= 11 is 12.1. The van der Waals surface area contributed by atoms with Crippen LogP contribution in [0, 0.1) is 5.92 Å². The Morgan fingerprint density at radius 3 is 2.83 bits per heavy atom. The molecule has 0 spiro atoms. The first kappa shape index (κ1) is 12.3. The highest BCUT2D eigenvalue weighted by Gasteiger charge is 2.18. The van der Waals surface area contributed by atoms with Crippen LogP contribution < -0.4 is 0 Å². The largest absolute Gasteiger partial charge is 0.327 e. The first-order valence-electron chi connectivity index (χ1n) is 6.48. The van der Waals surface area contributed by atoms with Gasteiger partial charge in [-0.1, -0.05) is 30.9 Å². The molecule has 1 aliphatic carbocycles. The summed E-state index contributed by atoms with van der Waals surface area (Å²) in [6, 6.07) is 5.83. The van der Waals surface area contributed by atoms with E-state index >= 15 is 0 Å². The van der Waals surface area contributed by atoms with Gasteiger partial charge in [0.25, 0.3) is 0 Å². The Morgan fingerprint density at radius 1 is 1.33 bits per heavy atom. The van der Waals surface area contributed by atoms with Crippen LogP contribution in [-0.2, 0) is 12.4 Å². The maximum absolute atomic E-state index is 6.07. The number of aryl methyl sites for hydroxylation is 1. The van der Waals surface area contributed by atoms with Crippen molar-refractivity contribution in [3.8, 4) is 0 Å². The van der Waals surface area contributed by atoms with Crippen LogP contribution in [0.2, 0.25) is 5.02 Å². The van der Waals surface area contributed by atoms with E-state index < -0.39 is 0 Å². The predicted octanol–water partition coefficient (Wildman–Crippen LogP) is 4.62. The lowest BCUT2D eigenvalue weighted by Crippen LogP contribution is -2.14. The quantitative estimate of drug-likeness (QED) is 0.749. The third-order valence-electron chi connectivity index (χ3n) is 3.89. The van der Waals surface area contributed by atoms with Gasteiger partial charge in [0.15, 0.2) is 0 Å². The molecule has 96 valence electrons.